The average molecular weight is 310 g/mol. The molecule has 1 saturated heterocycles. The van der Waals surface area contributed by atoms with Crippen molar-refractivity contribution < 1.29 is 18.0 Å². The number of amides is 1. The maximum atomic E-state index is 12.9. The van der Waals surface area contributed by atoms with Crippen LogP contribution >= 0.6 is 0 Å². The summed E-state index contributed by atoms with van der Waals surface area (Å²) >= 11 is 0. The molecule has 1 aliphatic heterocycles. The monoisotopic (exact) mass is 310 g/mol. The van der Waals surface area contributed by atoms with Crippen LogP contribution in [0.5, 0.6) is 0 Å². The first-order chi connectivity index (χ1) is 10.4. The highest BCUT2D eigenvalue weighted by Gasteiger charge is 2.42. The molecule has 2 aromatic rings. The number of hydrogen-bond donors (Lipinski definition) is 0. The van der Waals surface area contributed by atoms with Gasteiger partial charge in [-0.1, -0.05) is 18.2 Å². The number of aryl methyl sites for hydroxylation is 1. The predicted molar refractivity (Wildman–Crippen MR) is 77.6 cm³/mol. The van der Waals surface area contributed by atoms with Crippen molar-refractivity contribution in [3.8, 4) is 0 Å². The van der Waals surface area contributed by atoms with Gasteiger partial charge in [-0.2, -0.15) is 13.2 Å². The number of benzene rings is 1. The van der Waals surface area contributed by atoms with Gasteiger partial charge in [-0.3, -0.25) is 4.79 Å². The van der Waals surface area contributed by atoms with E-state index < -0.39 is 12.1 Å². The highest BCUT2D eigenvalue weighted by molar-refractivity contribution is 6.07. The number of alkyl halides is 3. The first-order valence-corrected chi connectivity index (χ1v) is 7.28. The molecule has 6 heteroatoms. The van der Waals surface area contributed by atoms with Crippen LogP contribution in [0.15, 0.2) is 30.5 Å². The van der Waals surface area contributed by atoms with Crippen molar-refractivity contribution in [1.82, 2.24) is 9.47 Å². The Bertz CT molecular complexity index is 705. The number of aromatic nitrogens is 1. The van der Waals surface area contributed by atoms with Gasteiger partial charge in [0.05, 0.1) is 11.5 Å². The van der Waals surface area contributed by atoms with Crippen molar-refractivity contribution in [2.75, 3.05) is 13.1 Å². The summed E-state index contributed by atoms with van der Waals surface area (Å²) in [4.78, 5) is 14.0. The van der Waals surface area contributed by atoms with E-state index in [-0.39, 0.29) is 18.9 Å². The molecule has 1 aliphatic rings. The molecule has 0 radical (unpaired) electrons. The number of likely N-dealkylation sites (tertiary alicyclic amines) is 1. The first-order valence-electron chi connectivity index (χ1n) is 7.28. The third kappa shape index (κ3) is 2.58. The number of carbonyl (C=O) groups is 1. The topological polar surface area (TPSA) is 25.2 Å². The molecule has 0 N–H and O–H groups in total. The van der Waals surface area contributed by atoms with Crippen LogP contribution in [-0.2, 0) is 7.05 Å². The Labute approximate surface area is 126 Å². The molecule has 3 nitrogen and oxygen atoms in total. The minimum Gasteiger partial charge on any atom is -0.350 e. The van der Waals surface area contributed by atoms with E-state index >= 15 is 0 Å². The Morgan fingerprint density at radius 2 is 2.00 bits per heavy atom. The standard InChI is InChI=1S/C16H17F3N2O/c1-20-10-13(12-6-2-3-7-14(12)20)15(22)21-8-4-5-11(9-21)16(17,18)19/h2-3,6-7,10-11H,4-5,8-9H2,1H3/t11-/m1/s1. The van der Waals surface area contributed by atoms with Crippen LogP contribution in [-0.4, -0.2) is 34.6 Å². The van der Waals surface area contributed by atoms with E-state index in [1.165, 1.54) is 4.90 Å². The molecule has 0 saturated carbocycles. The highest BCUT2D eigenvalue weighted by atomic mass is 19.4. The van der Waals surface area contributed by atoms with Crippen LogP contribution in [0, 0.1) is 5.92 Å². The van der Waals surface area contributed by atoms with E-state index in [1.807, 2.05) is 35.9 Å². The molecule has 22 heavy (non-hydrogen) atoms. The normalized spacial score (nSPS) is 19.6. The molecule has 118 valence electrons. The molecule has 1 aromatic heterocycles. The zero-order valence-electron chi connectivity index (χ0n) is 12.2. The summed E-state index contributed by atoms with van der Waals surface area (Å²) in [6, 6.07) is 7.42. The Morgan fingerprint density at radius 3 is 2.73 bits per heavy atom. The minimum atomic E-state index is -4.24. The third-order valence-electron chi connectivity index (χ3n) is 4.30. The molecule has 0 aliphatic carbocycles. The summed E-state index contributed by atoms with van der Waals surface area (Å²) in [6.45, 7) is 0.139. The average Bonchev–Trinajstić information content (AvgIpc) is 2.83. The molecule has 3 rings (SSSR count). The van der Waals surface area contributed by atoms with Crippen LogP contribution in [0.25, 0.3) is 10.9 Å². The number of rotatable bonds is 1. The molecule has 1 atom stereocenters. The molecular formula is C16H17F3N2O. The number of nitrogens with zero attached hydrogens (tertiary/aromatic N) is 2. The van der Waals surface area contributed by atoms with Crippen molar-refractivity contribution in [2.45, 2.75) is 19.0 Å². The van der Waals surface area contributed by atoms with Gasteiger partial charge in [0.25, 0.3) is 5.91 Å². The van der Waals surface area contributed by atoms with Gasteiger partial charge in [0.2, 0.25) is 0 Å². The Hall–Kier alpha value is -1.98. The fourth-order valence-electron chi connectivity index (χ4n) is 3.11. The summed E-state index contributed by atoms with van der Waals surface area (Å²) < 4.78 is 40.5. The summed E-state index contributed by atoms with van der Waals surface area (Å²) in [5.41, 5.74) is 1.37. The molecule has 1 amide bonds. The van der Waals surface area contributed by atoms with E-state index in [9.17, 15) is 18.0 Å². The van der Waals surface area contributed by atoms with E-state index in [0.29, 0.717) is 18.5 Å². The first kappa shape index (κ1) is 14.9. The number of carbonyl (C=O) groups excluding carboxylic acids is 1. The molecule has 0 spiro atoms. The summed E-state index contributed by atoms with van der Waals surface area (Å²) in [5, 5.41) is 0.782. The number of para-hydroxylation sites is 1. The Kier molecular flexibility index (Phi) is 3.62. The van der Waals surface area contributed by atoms with Crippen molar-refractivity contribution in [3.63, 3.8) is 0 Å². The van der Waals surface area contributed by atoms with Gasteiger partial charge in [0, 0.05) is 37.2 Å². The predicted octanol–water partition coefficient (Wildman–Crippen LogP) is 3.59. The molecule has 0 bridgehead atoms. The lowest BCUT2D eigenvalue weighted by Crippen LogP contribution is -2.44. The number of fused-ring (bicyclic) bond motifs is 1. The fraction of sp³-hybridized carbons (Fsp3) is 0.438. The maximum Gasteiger partial charge on any atom is 0.393 e. The summed E-state index contributed by atoms with van der Waals surface area (Å²) in [5.74, 6) is -1.73. The fourth-order valence-corrected chi connectivity index (χ4v) is 3.11. The van der Waals surface area contributed by atoms with E-state index in [0.717, 1.165) is 10.9 Å². The number of hydrogen-bond acceptors (Lipinski definition) is 1. The summed E-state index contributed by atoms with van der Waals surface area (Å²) in [6.07, 6.45) is -2.05. The second-order valence-electron chi connectivity index (χ2n) is 5.80. The maximum absolute atomic E-state index is 12.9. The molecule has 0 unspecified atom stereocenters. The van der Waals surface area contributed by atoms with Crippen molar-refractivity contribution in [3.05, 3.63) is 36.0 Å². The van der Waals surface area contributed by atoms with Gasteiger partial charge >= 0.3 is 6.18 Å². The van der Waals surface area contributed by atoms with Gasteiger partial charge in [-0.25, -0.2) is 0 Å². The Morgan fingerprint density at radius 1 is 1.27 bits per heavy atom. The van der Waals surface area contributed by atoms with Gasteiger partial charge in [-0.05, 0) is 18.9 Å². The second-order valence-corrected chi connectivity index (χ2v) is 5.80. The van der Waals surface area contributed by atoms with E-state index in [2.05, 4.69) is 0 Å². The zero-order valence-corrected chi connectivity index (χ0v) is 12.2. The van der Waals surface area contributed by atoms with Crippen LogP contribution in [0.4, 0.5) is 13.2 Å². The minimum absolute atomic E-state index is 0.100. The quantitative estimate of drug-likeness (QED) is 0.790. The second kappa shape index (κ2) is 5.34. The van der Waals surface area contributed by atoms with E-state index in [1.54, 1.807) is 6.20 Å². The smallest absolute Gasteiger partial charge is 0.350 e. The highest BCUT2D eigenvalue weighted by Crippen LogP contribution is 2.34. The lowest BCUT2D eigenvalue weighted by molar-refractivity contribution is -0.184. The van der Waals surface area contributed by atoms with Crippen LogP contribution in [0.2, 0.25) is 0 Å². The van der Waals surface area contributed by atoms with Crippen LogP contribution in [0.1, 0.15) is 23.2 Å². The largest absolute Gasteiger partial charge is 0.393 e. The molecule has 1 fully saturated rings. The lowest BCUT2D eigenvalue weighted by Gasteiger charge is -2.33. The third-order valence-corrected chi connectivity index (χ3v) is 4.30. The van der Waals surface area contributed by atoms with Gasteiger partial charge < -0.3 is 9.47 Å². The molecule has 1 aromatic carbocycles. The number of piperidine rings is 1. The van der Waals surface area contributed by atoms with Crippen molar-refractivity contribution in [1.29, 1.82) is 0 Å². The summed E-state index contributed by atoms with van der Waals surface area (Å²) in [7, 11) is 1.83. The van der Waals surface area contributed by atoms with Gasteiger partial charge in [0.1, 0.15) is 0 Å². The van der Waals surface area contributed by atoms with Crippen LogP contribution in [0.3, 0.4) is 0 Å². The van der Waals surface area contributed by atoms with E-state index in [4.69, 9.17) is 0 Å². The van der Waals surface area contributed by atoms with Crippen molar-refractivity contribution in [2.24, 2.45) is 13.0 Å². The Balaban J connectivity index is 1.90. The molecule has 2 heterocycles. The van der Waals surface area contributed by atoms with Gasteiger partial charge in [-0.15, -0.1) is 0 Å². The van der Waals surface area contributed by atoms with Crippen molar-refractivity contribution >= 4 is 16.8 Å². The zero-order chi connectivity index (χ0) is 15.9. The van der Waals surface area contributed by atoms with Crippen LogP contribution < -0.4 is 0 Å². The lowest BCUT2D eigenvalue weighted by atomic mass is 9.97. The number of halogens is 3. The molecular weight excluding hydrogens is 293 g/mol. The van der Waals surface area contributed by atoms with Gasteiger partial charge in [0.15, 0.2) is 0 Å². The SMILES string of the molecule is Cn1cc(C(=O)N2CCC[C@@H](C(F)(F)F)C2)c2ccccc21.